The molecule has 1 aliphatic rings. The van der Waals surface area contributed by atoms with E-state index in [-0.39, 0.29) is 12.1 Å². The van der Waals surface area contributed by atoms with Gasteiger partial charge < -0.3 is 9.64 Å². The van der Waals surface area contributed by atoms with Crippen molar-refractivity contribution in [2.75, 3.05) is 19.6 Å². The zero-order chi connectivity index (χ0) is 18.8. The summed E-state index contributed by atoms with van der Waals surface area (Å²) in [6, 6.07) is 5.21. The summed E-state index contributed by atoms with van der Waals surface area (Å²) in [7, 11) is 0. The van der Waals surface area contributed by atoms with Gasteiger partial charge in [0.15, 0.2) is 0 Å². The molecule has 1 aliphatic heterocycles. The number of carbonyl (C=O) groups is 1. The number of piperazine rings is 1. The smallest absolute Gasteiger partial charge is 0.416 e. The Morgan fingerprint density at radius 3 is 2.24 bits per heavy atom. The molecule has 140 valence electrons. The van der Waals surface area contributed by atoms with Crippen LogP contribution in [0.2, 0.25) is 0 Å². The van der Waals surface area contributed by atoms with Crippen LogP contribution in [0.1, 0.15) is 38.8 Å². The second-order valence-corrected chi connectivity index (χ2v) is 7.45. The number of alkyl halides is 3. The molecule has 0 radical (unpaired) electrons. The standard InChI is InChI=1S/C18H25F3N2O2/c1-13-11-22(9-10-23(13)16(24)25-17(2,3)4)12-14-5-7-15(8-6-14)18(19,20)21/h5-8,13H,9-12H2,1-4H3. The topological polar surface area (TPSA) is 32.8 Å². The lowest BCUT2D eigenvalue weighted by Gasteiger charge is -2.40. The highest BCUT2D eigenvalue weighted by Crippen LogP contribution is 2.29. The molecule has 0 N–H and O–H groups in total. The lowest BCUT2D eigenvalue weighted by molar-refractivity contribution is -0.137. The number of ether oxygens (including phenoxy) is 1. The van der Waals surface area contributed by atoms with E-state index in [0.717, 1.165) is 17.7 Å². The molecule has 1 aromatic carbocycles. The van der Waals surface area contributed by atoms with Crippen LogP contribution in [-0.2, 0) is 17.5 Å². The van der Waals surface area contributed by atoms with Gasteiger partial charge in [-0.05, 0) is 45.4 Å². The molecule has 1 saturated heterocycles. The summed E-state index contributed by atoms with van der Waals surface area (Å²) in [6.45, 7) is 9.85. The van der Waals surface area contributed by atoms with E-state index in [1.54, 1.807) is 4.90 Å². The predicted molar refractivity (Wildman–Crippen MR) is 89.1 cm³/mol. The van der Waals surface area contributed by atoms with Crippen molar-refractivity contribution in [2.24, 2.45) is 0 Å². The normalized spacial score (nSPS) is 19.8. The third kappa shape index (κ3) is 5.63. The van der Waals surface area contributed by atoms with Gasteiger partial charge >= 0.3 is 12.3 Å². The molecule has 0 spiro atoms. The van der Waals surface area contributed by atoms with Crippen molar-refractivity contribution in [2.45, 2.75) is 52.1 Å². The van der Waals surface area contributed by atoms with Crippen LogP contribution in [0.25, 0.3) is 0 Å². The van der Waals surface area contributed by atoms with Crippen LogP contribution < -0.4 is 0 Å². The average molecular weight is 358 g/mol. The van der Waals surface area contributed by atoms with Gasteiger partial charge in [0.05, 0.1) is 5.56 Å². The molecule has 1 heterocycles. The van der Waals surface area contributed by atoms with Gasteiger partial charge in [0, 0.05) is 32.2 Å². The predicted octanol–water partition coefficient (Wildman–Crippen LogP) is 4.15. The molecule has 1 aromatic rings. The van der Waals surface area contributed by atoms with Crippen LogP contribution in [0, 0.1) is 0 Å². The summed E-state index contributed by atoms with van der Waals surface area (Å²) in [5.74, 6) is 0. The van der Waals surface area contributed by atoms with Crippen LogP contribution in [0.15, 0.2) is 24.3 Å². The fourth-order valence-corrected chi connectivity index (χ4v) is 2.83. The molecule has 0 saturated carbocycles. The zero-order valence-electron chi connectivity index (χ0n) is 15.1. The minimum Gasteiger partial charge on any atom is -0.444 e. The molecule has 7 heteroatoms. The Kier molecular flexibility index (Phi) is 5.66. The molecule has 2 rings (SSSR count). The highest BCUT2D eigenvalue weighted by Gasteiger charge is 2.32. The summed E-state index contributed by atoms with van der Waals surface area (Å²) >= 11 is 0. The Labute approximate surface area is 146 Å². The summed E-state index contributed by atoms with van der Waals surface area (Å²) in [5.41, 5.74) is -0.348. The van der Waals surface area contributed by atoms with E-state index in [2.05, 4.69) is 4.90 Å². The maximum Gasteiger partial charge on any atom is 0.416 e. The Balaban J connectivity index is 1.91. The van der Waals surface area contributed by atoms with Gasteiger partial charge in [0.25, 0.3) is 0 Å². The van der Waals surface area contributed by atoms with Crippen molar-refractivity contribution < 1.29 is 22.7 Å². The van der Waals surface area contributed by atoms with Crippen LogP contribution in [-0.4, -0.2) is 47.2 Å². The van der Waals surface area contributed by atoms with Gasteiger partial charge in [0.2, 0.25) is 0 Å². The van der Waals surface area contributed by atoms with Crippen LogP contribution in [0.4, 0.5) is 18.0 Å². The number of halogens is 3. The van der Waals surface area contributed by atoms with Crippen molar-refractivity contribution in [3.63, 3.8) is 0 Å². The molecule has 1 fully saturated rings. The molecule has 1 unspecified atom stereocenters. The fourth-order valence-electron chi connectivity index (χ4n) is 2.83. The Hall–Kier alpha value is -1.76. The largest absolute Gasteiger partial charge is 0.444 e. The van der Waals surface area contributed by atoms with Crippen molar-refractivity contribution >= 4 is 6.09 Å². The molecule has 1 atom stereocenters. The maximum absolute atomic E-state index is 12.6. The van der Waals surface area contributed by atoms with Gasteiger partial charge in [-0.25, -0.2) is 4.79 Å². The van der Waals surface area contributed by atoms with E-state index in [1.807, 2.05) is 27.7 Å². The third-order valence-corrected chi connectivity index (χ3v) is 4.03. The fraction of sp³-hybridized carbons (Fsp3) is 0.611. The molecule has 0 aliphatic carbocycles. The highest BCUT2D eigenvalue weighted by molar-refractivity contribution is 5.68. The average Bonchev–Trinajstić information content (AvgIpc) is 2.45. The molecule has 0 aromatic heterocycles. The van der Waals surface area contributed by atoms with Gasteiger partial charge in [-0.3, -0.25) is 4.90 Å². The Bertz CT molecular complexity index is 594. The first kappa shape index (κ1) is 19.6. The van der Waals surface area contributed by atoms with Crippen molar-refractivity contribution in [1.29, 1.82) is 0 Å². The summed E-state index contributed by atoms with van der Waals surface area (Å²) in [5, 5.41) is 0. The summed E-state index contributed by atoms with van der Waals surface area (Å²) in [4.78, 5) is 16.0. The minimum absolute atomic E-state index is 0.0157. The summed E-state index contributed by atoms with van der Waals surface area (Å²) < 4.78 is 43.2. The van der Waals surface area contributed by atoms with E-state index < -0.39 is 17.3 Å². The van der Waals surface area contributed by atoms with E-state index in [9.17, 15) is 18.0 Å². The van der Waals surface area contributed by atoms with Gasteiger partial charge in [0.1, 0.15) is 5.60 Å². The number of nitrogens with zero attached hydrogens (tertiary/aromatic N) is 2. The van der Waals surface area contributed by atoms with Gasteiger partial charge in [-0.2, -0.15) is 13.2 Å². The van der Waals surface area contributed by atoms with Crippen molar-refractivity contribution in [3.8, 4) is 0 Å². The lowest BCUT2D eigenvalue weighted by Crippen LogP contribution is -2.54. The van der Waals surface area contributed by atoms with Gasteiger partial charge in [-0.1, -0.05) is 12.1 Å². The monoisotopic (exact) mass is 358 g/mol. The Morgan fingerprint density at radius 2 is 1.76 bits per heavy atom. The number of hydrogen-bond donors (Lipinski definition) is 0. The van der Waals surface area contributed by atoms with Crippen LogP contribution in [0.3, 0.4) is 0 Å². The number of carbonyl (C=O) groups excluding carboxylic acids is 1. The SMILES string of the molecule is CC1CN(Cc2ccc(C(F)(F)F)cc2)CCN1C(=O)OC(C)(C)C. The van der Waals surface area contributed by atoms with E-state index in [4.69, 9.17) is 4.74 Å². The van der Waals surface area contributed by atoms with E-state index >= 15 is 0 Å². The molecular weight excluding hydrogens is 333 g/mol. The van der Waals surface area contributed by atoms with Crippen LogP contribution in [0.5, 0.6) is 0 Å². The quantitative estimate of drug-likeness (QED) is 0.796. The van der Waals surface area contributed by atoms with Crippen LogP contribution >= 0.6 is 0 Å². The first-order valence-corrected chi connectivity index (χ1v) is 8.34. The first-order valence-electron chi connectivity index (χ1n) is 8.34. The first-order chi connectivity index (χ1) is 11.5. The second-order valence-electron chi connectivity index (χ2n) is 7.45. The molecule has 0 bridgehead atoms. The third-order valence-electron chi connectivity index (χ3n) is 4.03. The van der Waals surface area contributed by atoms with Gasteiger partial charge in [-0.15, -0.1) is 0 Å². The molecule has 4 nitrogen and oxygen atoms in total. The second kappa shape index (κ2) is 7.23. The molecule has 25 heavy (non-hydrogen) atoms. The maximum atomic E-state index is 12.6. The lowest BCUT2D eigenvalue weighted by atomic mass is 10.1. The highest BCUT2D eigenvalue weighted by atomic mass is 19.4. The zero-order valence-corrected chi connectivity index (χ0v) is 15.1. The molecule has 1 amide bonds. The minimum atomic E-state index is -4.31. The number of amides is 1. The molecular formula is C18H25F3N2O2. The van der Waals surface area contributed by atoms with Crippen molar-refractivity contribution in [1.82, 2.24) is 9.80 Å². The van der Waals surface area contributed by atoms with E-state index in [0.29, 0.717) is 26.2 Å². The number of benzene rings is 1. The van der Waals surface area contributed by atoms with E-state index in [1.165, 1.54) is 12.1 Å². The van der Waals surface area contributed by atoms with Crippen molar-refractivity contribution in [3.05, 3.63) is 35.4 Å². The number of hydrogen-bond acceptors (Lipinski definition) is 3. The number of rotatable bonds is 2. The summed E-state index contributed by atoms with van der Waals surface area (Å²) in [6.07, 6.45) is -4.64. The Morgan fingerprint density at radius 1 is 1.16 bits per heavy atom.